The van der Waals surface area contributed by atoms with Gasteiger partial charge in [-0.25, -0.2) is 9.59 Å². The van der Waals surface area contributed by atoms with Crippen LogP contribution in [0.3, 0.4) is 0 Å². The maximum Gasteiger partial charge on any atom is 0.410 e. The van der Waals surface area contributed by atoms with Crippen molar-refractivity contribution in [3.8, 4) is 0 Å². The van der Waals surface area contributed by atoms with Crippen molar-refractivity contribution in [2.24, 2.45) is 0 Å². The summed E-state index contributed by atoms with van der Waals surface area (Å²) in [5.41, 5.74) is -0.173. The van der Waals surface area contributed by atoms with Crippen LogP contribution in [0.5, 0.6) is 0 Å². The molecule has 8 heteroatoms. The van der Waals surface area contributed by atoms with E-state index in [0.717, 1.165) is 10.9 Å². The molecular weight excluding hydrogens is 368 g/mol. The molecule has 0 aliphatic carbocycles. The van der Waals surface area contributed by atoms with Crippen LogP contribution < -0.4 is 10.6 Å². The van der Waals surface area contributed by atoms with Crippen LogP contribution >= 0.6 is 11.6 Å². The first-order valence-corrected chi connectivity index (χ1v) is 9.31. The Bertz CT molecular complexity index is 933. The number of benzene rings is 1. The number of ether oxygens (including phenoxy) is 1. The first-order chi connectivity index (χ1) is 12.6. The van der Waals surface area contributed by atoms with Crippen molar-refractivity contribution in [1.29, 1.82) is 0 Å². The van der Waals surface area contributed by atoms with Crippen LogP contribution in [0.4, 0.5) is 10.6 Å². The zero-order valence-corrected chi connectivity index (χ0v) is 17.1. The number of likely N-dealkylation sites (tertiary alicyclic amines) is 1. The highest BCUT2D eigenvalue weighted by Crippen LogP contribution is 2.30. The maximum absolute atomic E-state index is 12.8. The summed E-state index contributed by atoms with van der Waals surface area (Å²) in [7, 11) is 3.69. The third-order valence-corrected chi connectivity index (χ3v) is 4.71. The van der Waals surface area contributed by atoms with Gasteiger partial charge in [0.1, 0.15) is 11.4 Å². The van der Waals surface area contributed by atoms with Crippen molar-refractivity contribution in [3.05, 3.63) is 33.7 Å². The first-order valence-electron chi connectivity index (χ1n) is 8.94. The molecule has 0 N–H and O–H groups in total. The minimum absolute atomic E-state index is 0.172. The van der Waals surface area contributed by atoms with Crippen molar-refractivity contribution in [3.63, 3.8) is 0 Å². The summed E-state index contributed by atoms with van der Waals surface area (Å²) in [6, 6.07) is 5.27. The lowest BCUT2D eigenvalue weighted by Crippen LogP contribution is -2.36. The second kappa shape index (κ2) is 7.03. The Morgan fingerprint density at radius 2 is 2.04 bits per heavy atom. The SMILES string of the molecule is CN(C)c1nc(=O)n(C2CCN(C(=O)OC(C)(C)C)C2)c2cc(Cl)ccc12. The summed E-state index contributed by atoms with van der Waals surface area (Å²) in [4.78, 5) is 32.9. The number of anilines is 1. The zero-order chi connectivity index (χ0) is 19.9. The molecule has 7 nitrogen and oxygen atoms in total. The number of halogens is 1. The van der Waals surface area contributed by atoms with Crippen molar-refractivity contribution in [2.45, 2.75) is 38.8 Å². The van der Waals surface area contributed by atoms with Gasteiger partial charge in [0.15, 0.2) is 0 Å². The van der Waals surface area contributed by atoms with Crippen LogP contribution in [-0.2, 0) is 4.74 Å². The molecule has 146 valence electrons. The predicted octanol–water partition coefficient (Wildman–Crippen LogP) is 3.30. The molecule has 1 aromatic carbocycles. The monoisotopic (exact) mass is 392 g/mol. The first kappa shape index (κ1) is 19.5. The summed E-state index contributed by atoms with van der Waals surface area (Å²) in [5, 5.41) is 1.40. The molecule has 1 saturated heterocycles. The van der Waals surface area contributed by atoms with E-state index in [0.29, 0.717) is 30.4 Å². The lowest BCUT2D eigenvalue weighted by Gasteiger charge is -2.25. The van der Waals surface area contributed by atoms with Crippen molar-refractivity contribution in [1.82, 2.24) is 14.5 Å². The van der Waals surface area contributed by atoms with E-state index in [4.69, 9.17) is 16.3 Å². The average molecular weight is 393 g/mol. The molecule has 0 saturated carbocycles. The van der Waals surface area contributed by atoms with Gasteiger partial charge in [0, 0.05) is 37.6 Å². The van der Waals surface area contributed by atoms with Gasteiger partial charge in [0.25, 0.3) is 0 Å². The Balaban J connectivity index is 1.99. The summed E-state index contributed by atoms with van der Waals surface area (Å²) >= 11 is 6.20. The number of hydrogen-bond acceptors (Lipinski definition) is 5. The molecule has 0 spiro atoms. The van der Waals surface area contributed by atoms with E-state index < -0.39 is 5.60 Å². The van der Waals surface area contributed by atoms with E-state index in [1.165, 1.54) is 0 Å². The minimum atomic E-state index is -0.554. The fraction of sp³-hybridized carbons (Fsp3) is 0.526. The van der Waals surface area contributed by atoms with E-state index in [-0.39, 0.29) is 17.8 Å². The van der Waals surface area contributed by atoms with Crippen LogP contribution in [0, 0.1) is 0 Å². The molecule has 1 aliphatic rings. The van der Waals surface area contributed by atoms with Crippen molar-refractivity contribution >= 4 is 34.4 Å². The predicted molar refractivity (Wildman–Crippen MR) is 107 cm³/mol. The number of nitrogens with zero attached hydrogens (tertiary/aromatic N) is 4. The lowest BCUT2D eigenvalue weighted by molar-refractivity contribution is 0.0289. The molecule has 1 aromatic heterocycles. The van der Waals surface area contributed by atoms with Crippen molar-refractivity contribution < 1.29 is 9.53 Å². The Hall–Kier alpha value is -2.28. The topological polar surface area (TPSA) is 67.7 Å². The van der Waals surface area contributed by atoms with E-state index in [1.807, 2.05) is 45.8 Å². The van der Waals surface area contributed by atoms with Crippen LogP contribution in [0.25, 0.3) is 10.9 Å². The summed E-state index contributed by atoms with van der Waals surface area (Å²) in [6.07, 6.45) is 0.294. The largest absolute Gasteiger partial charge is 0.444 e. The fourth-order valence-corrected chi connectivity index (χ4v) is 3.51. The van der Waals surface area contributed by atoms with Gasteiger partial charge >= 0.3 is 11.8 Å². The van der Waals surface area contributed by atoms with E-state index in [2.05, 4.69) is 4.98 Å². The highest BCUT2D eigenvalue weighted by molar-refractivity contribution is 6.31. The van der Waals surface area contributed by atoms with Crippen LogP contribution in [0.1, 0.15) is 33.2 Å². The van der Waals surface area contributed by atoms with Gasteiger partial charge in [-0.2, -0.15) is 4.98 Å². The Labute approximate surface area is 163 Å². The Morgan fingerprint density at radius 3 is 2.67 bits per heavy atom. The maximum atomic E-state index is 12.8. The van der Waals surface area contributed by atoms with Crippen LogP contribution in [0.15, 0.2) is 23.0 Å². The molecule has 0 radical (unpaired) electrons. The molecule has 1 amide bonds. The van der Waals surface area contributed by atoms with E-state index in [1.54, 1.807) is 21.6 Å². The second-order valence-corrected chi connectivity index (χ2v) is 8.45. The van der Waals surface area contributed by atoms with Crippen molar-refractivity contribution in [2.75, 3.05) is 32.1 Å². The van der Waals surface area contributed by atoms with Crippen LogP contribution in [-0.4, -0.2) is 53.3 Å². The zero-order valence-electron chi connectivity index (χ0n) is 16.3. The van der Waals surface area contributed by atoms with Gasteiger partial charge in [0.2, 0.25) is 0 Å². The minimum Gasteiger partial charge on any atom is -0.444 e. The van der Waals surface area contributed by atoms with Gasteiger partial charge in [-0.1, -0.05) is 11.6 Å². The quantitative estimate of drug-likeness (QED) is 0.784. The summed E-state index contributed by atoms with van der Waals surface area (Å²) < 4.78 is 7.10. The molecule has 3 rings (SSSR count). The molecule has 1 aliphatic heterocycles. The number of aromatic nitrogens is 2. The normalized spacial score (nSPS) is 17.4. The van der Waals surface area contributed by atoms with Gasteiger partial charge in [-0.05, 0) is 45.4 Å². The molecule has 1 fully saturated rings. The Morgan fingerprint density at radius 1 is 1.33 bits per heavy atom. The number of carbonyl (C=O) groups excluding carboxylic acids is 1. The van der Waals surface area contributed by atoms with Gasteiger partial charge in [-0.15, -0.1) is 0 Å². The fourth-order valence-electron chi connectivity index (χ4n) is 3.34. The molecule has 1 atom stereocenters. The Kier molecular flexibility index (Phi) is 5.08. The number of rotatable bonds is 2. The molecule has 2 aromatic rings. The standard InChI is InChI=1S/C19H25ClN4O3/c1-19(2,3)27-18(26)23-9-8-13(11-23)24-15-10-12(20)6-7-14(15)16(22(4)5)21-17(24)25/h6-7,10,13H,8-9,11H2,1-5H3. The number of carbonyl (C=O) groups is 1. The second-order valence-electron chi connectivity index (χ2n) is 8.01. The summed E-state index contributed by atoms with van der Waals surface area (Å²) in [5.74, 6) is 0.602. The van der Waals surface area contributed by atoms with E-state index in [9.17, 15) is 9.59 Å². The molecule has 2 heterocycles. The number of fused-ring (bicyclic) bond motifs is 1. The highest BCUT2D eigenvalue weighted by Gasteiger charge is 2.32. The molecule has 0 bridgehead atoms. The molecule has 1 unspecified atom stereocenters. The van der Waals surface area contributed by atoms with E-state index >= 15 is 0 Å². The third-order valence-electron chi connectivity index (χ3n) is 4.47. The molecule has 27 heavy (non-hydrogen) atoms. The van der Waals surface area contributed by atoms with Gasteiger partial charge in [-0.3, -0.25) is 4.57 Å². The summed E-state index contributed by atoms with van der Waals surface area (Å²) in [6.45, 7) is 6.44. The average Bonchev–Trinajstić information content (AvgIpc) is 3.01. The highest BCUT2D eigenvalue weighted by atomic mass is 35.5. The van der Waals surface area contributed by atoms with Gasteiger partial charge in [0.05, 0.1) is 11.6 Å². The third kappa shape index (κ3) is 4.03. The smallest absolute Gasteiger partial charge is 0.410 e. The van der Waals surface area contributed by atoms with Gasteiger partial charge < -0.3 is 14.5 Å². The van der Waals surface area contributed by atoms with Crippen LogP contribution in [0.2, 0.25) is 5.02 Å². The number of hydrogen-bond donors (Lipinski definition) is 0. The number of amides is 1. The molecular formula is C19H25ClN4O3. The lowest BCUT2D eigenvalue weighted by atomic mass is 10.2.